The molecule has 232 valence electrons. The number of Topliss-reactive ketones (excluding diaryl/α,β-unsaturated/α-hetero) is 1. The van der Waals surface area contributed by atoms with Gasteiger partial charge in [-0.15, -0.1) is 11.3 Å². The summed E-state index contributed by atoms with van der Waals surface area (Å²) in [6.07, 6.45) is 1.48. The summed E-state index contributed by atoms with van der Waals surface area (Å²) in [6.45, 7) is 1.28. The van der Waals surface area contributed by atoms with Crippen molar-refractivity contribution >= 4 is 62.8 Å². The van der Waals surface area contributed by atoms with Gasteiger partial charge < -0.3 is 37.6 Å². The van der Waals surface area contributed by atoms with Crippen LogP contribution in [0.15, 0.2) is 24.3 Å². The van der Waals surface area contributed by atoms with Gasteiger partial charge in [0.25, 0.3) is 0 Å². The van der Waals surface area contributed by atoms with Gasteiger partial charge in [-0.05, 0) is 44.2 Å². The lowest BCUT2D eigenvalue weighted by molar-refractivity contribution is -0.133. The fraction of sp³-hybridized carbons (Fsp3) is 0.481. The number of amides is 5. The van der Waals surface area contributed by atoms with Crippen molar-refractivity contribution in [2.45, 2.75) is 63.6 Å². The van der Waals surface area contributed by atoms with Crippen LogP contribution in [0, 0.1) is 5.41 Å². The molecule has 16 heteroatoms. The first-order valence-electron chi connectivity index (χ1n) is 13.9. The summed E-state index contributed by atoms with van der Waals surface area (Å²) >= 11 is 1.21. The number of carbonyl (C=O) groups is 6. The van der Waals surface area contributed by atoms with Crippen molar-refractivity contribution in [2.24, 2.45) is 5.73 Å². The first-order chi connectivity index (χ1) is 20.5. The molecule has 5 amide bonds. The molecule has 1 aromatic carbocycles. The zero-order valence-electron chi connectivity index (χ0n) is 23.8. The third-order valence-corrected chi connectivity index (χ3v) is 7.57. The molecule has 0 radical (unpaired) electrons. The van der Waals surface area contributed by atoms with Gasteiger partial charge in [0, 0.05) is 20.0 Å². The summed E-state index contributed by atoms with van der Waals surface area (Å²) < 4.78 is 0.822. The van der Waals surface area contributed by atoms with Gasteiger partial charge in [0.05, 0.1) is 29.2 Å². The molecule has 1 aliphatic rings. The second-order valence-electron chi connectivity index (χ2n) is 10.0. The van der Waals surface area contributed by atoms with Gasteiger partial charge in [0.2, 0.25) is 35.3 Å². The van der Waals surface area contributed by atoms with Crippen LogP contribution in [0.3, 0.4) is 0 Å². The summed E-state index contributed by atoms with van der Waals surface area (Å²) in [6, 6.07) is 4.12. The number of fused-ring (bicyclic) bond motifs is 1. The number of ketones is 1. The van der Waals surface area contributed by atoms with Gasteiger partial charge in [-0.1, -0.05) is 12.1 Å². The molecule has 1 aliphatic heterocycles. The zero-order chi connectivity index (χ0) is 31.4. The van der Waals surface area contributed by atoms with Gasteiger partial charge in [-0.2, -0.15) is 0 Å². The lowest BCUT2D eigenvalue weighted by atomic mass is 10.0. The Bertz CT molecular complexity index is 1330. The molecule has 1 fully saturated rings. The maximum atomic E-state index is 13.5. The Morgan fingerprint density at radius 2 is 1.91 bits per heavy atom. The van der Waals surface area contributed by atoms with Crippen molar-refractivity contribution in [1.29, 1.82) is 5.41 Å². The van der Waals surface area contributed by atoms with E-state index in [4.69, 9.17) is 11.1 Å². The summed E-state index contributed by atoms with van der Waals surface area (Å²) in [5, 5.41) is 23.1. The highest BCUT2D eigenvalue weighted by molar-refractivity contribution is 7.20. The maximum Gasteiger partial charge on any atom is 0.243 e. The SMILES string of the molecule is CC(=O)N[C@H]1CC(=O)NCCCC[C@@H](C(=O)N[C@@H](CCCNC(=N)N)C(=O)c2nc3ccccc3s2)NC(=O)CNC1=O. The van der Waals surface area contributed by atoms with Crippen LogP contribution < -0.4 is 37.6 Å². The van der Waals surface area contributed by atoms with Crippen LogP contribution in [0.1, 0.15) is 55.3 Å². The number of nitrogens with two attached hydrogens (primary N) is 1. The number of hydrogen-bond donors (Lipinski definition) is 8. The second kappa shape index (κ2) is 16.1. The topological polar surface area (TPSA) is 237 Å². The van der Waals surface area contributed by atoms with Crippen molar-refractivity contribution in [3.63, 3.8) is 0 Å². The number of benzene rings is 1. The number of rotatable bonds is 9. The van der Waals surface area contributed by atoms with E-state index in [2.05, 4.69) is 36.9 Å². The largest absolute Gasteiger partial charge is 0.370 e. The number of nitrogens with one attached hydrogen (secondary N) is 7. The molecule has 15 nitrogen and oxygen atoms in total. The Kier molecular flexibility index (Phi) is 12.4. The highest BCUT2D eigenvalue weighted by Crippen LogP contribution is 2.23. The third kappa shape index (κ3) is 10.6. The number of para-hydroxylation sites is 1. The first kappa shape index (κ1) is 32.9. The minimum Gasteiger partial charge on any atom is -0.370 e. The van der Waals surface area contributed by atoms with E-state index < -0.39 is 54.2 Å². The molecule has 0 spiro atoms. The summed E-state index contributed by atoms with van der Waals surface area (Å²) in [4.78, 5) is 80.5. The number of carbonyl (C=O) groups excluding carboxylic acids is 6. The number of guanidine groups is 1. The minimum absolute atomic E-state index is 0.212. The lowest BCUT2D eigenvalue weighted by Gasteiger charge is -2.23. The number of thiazole rings is 1. The third-order valence-electron chi connectivity index (χ3n) is 6.52. The Hall–Kier alpha value is -4.60. The van der Waals surface area contributed by atoms with Crippen LogP contribution in [-0.4, -0.2) is 84.0 Å². The van der Waals surface area contributed by atoms with Crippen LogP contribution in [0.5, 0.6) is 0 Å². The van der Waals surface area contributed by atoms with E-state index in [-0.39, 0.29) is 42.6 Å². The molecule has 2 heterocycles. The average molecular weight is 616 g/mol. The van der Waals surface area contributed by atoms with Crippen LogP contribution in [-0.2, 0) is 24.0 Å². The highest BCUT2D eigenvalue weighted by Gasteiger charge is 2.30. The van der Waals surface area contributed by atoms with E-state index in [1.165, 1.54) is 18.3 Å². The van der Waals surface area contributed by atoms with E-state index in [1.807, 2.05) is 18.2 Å². The summed E-state index contributed by atoms with van der Waals surface area (Å²) in [5.74, 6) is -3.53. The van der Waals surface area contributed by atoms with E-state index in [0.29, 0.717) is 31.3 Å². The lowest BCUT2D eigenvalue weighted by Crippen LogP contribution is -2.54. The quantitative estimate of drug-likeness (QED) is 0.0748. The maximum absolute atomic E-state index is 13.5. The molecule has 0 bridgehead atoms. The van der Waals surface area contributed by atoms with Crippen molar-refractivity contribution in [2.75, 3.05) is 19.6 Å². The normalized spacial score (nSPS) is 19.1. The smallest absolute Gasteiger partial charge is 0.243 e. The van der Waals surface area contributed by atoms with Crippen molar-refractivity contribution in [3.8, 4) is 0 Å². The highest BCUT2D eigenvalue weighted by atomic mass is 32.1. The standard InChI is InChI=1S/C27H37N9O6S/c1-15(37)33-19-13-21(38)30-11-5-4-8-18(34-22(39)14-32-24(19)41)25(42)35-17(9-6-12-31-27(28)29)23(40)26-36-16-7-2-3-10-20(16)43-26/h2-3,7,10,17-19H,4-6,8-9,11-14H2,1H3,(H,30,38)(H,32,41)(H,33,37)(H,34,39)(H,35,42)(H4,28,29,31)/t17-,18-,19-/m0/s1. The second-order valence-corrected chi connectivity index (χ2v) is 11.1. The van der Waals surface area contributed by atoms with Crippen LogP contribution in [0.4, 0.5) is 0 Å². The fourth-order valence-electron chi connectivity index (χ4n) is 4.42. The molecular formula is C27H37N9O6S. The average Bonchev–Trinajstić information content (AvgIpc) is 3.39. The molecule has 2 aromatic rings. The molecule has 0 saturated carbocycles. The molecule has 3 atom stereocenters. The number of aromatic nitrogens is 1. The van der Waals surface area contributed by atoms with Crippen molar-refractivity contribution in [3.05, 3.63) is 29.3 Å². The van der Waals surface area contributed by atoms with Crippen molar-refractivity contribution < 1.29 is 28.8 Å². The number of nitrogens with zero attached hydrogens (tertiary/aromatic N) is 1. The minimum atomic E-state index is -1.17. The molecule has 0 unspecified atom stereocenters. The molecule has 9 N–H and O–H groups in total. The predicted octanol–water partition coefficient (Wildman–Crippen LogP) is -0.977. The molecule has 0 aliphatic carbocycles. The Labute approximate surface area is 252 Å². The van der Waals surface area contributed by atoms with E-state index in [0.717, 1.165) is 4.70 Å². The summed E-state index contributed by atoms with van der Waals surface area (Å²) in [7, 11) is 0. The number of hydrogen-bond acceptors (Lipinski definition) is 9. The van der Waals surface area contributed by atoms with Crippen LogP contribution >= 0.6 is 11.3 Å². The molecule has 1 aromatic heterocycles. The van der Waals surface area contributed by atoms with Crippen LogP contribution in [0.25, 0.3) is 10.2 Å². The van der Waals surface area contributed by atoms with Gasteiger partial charge in [0.1, 0.15) is 12.1 Å². The Balaban J connectivity index is 1.74. The molecule has 1 saturated heterocycles. The van der Waals surface area contributed by atoms with Gasteiger partial charge in [-0.25, -0.2) is 4.98 Å². The Morgan fingerprint density at radius 1 is 1.14 bits per heavy atom. The first-order valence-corrected chi connectivity index (χ1v) is 14.7. The zero-order valence-corrected chi connectivity index (χ0v) is 24.6. The van der Waals surface area contributed by atoms with E-state index in [1.54, 1.807) is 6.07 Å². The molecule has 43 heavy (non-hydrogen) atoms. The van der Waals surface area contributed by atoms with Gasteiger partial charge >= 0.3 is 0 Å². The van der Waals surface area contributed by atoms with Gasteiger partial charge in [0.15, 0.2) is 11.0 Å². The van der Waals surface area contributed by atoms with Crippen LogP contribution in [0.2, 0.25) is 0 Å². The van der Waals surface area contributed by atoms with Crippen molar-refractivity contribution in [1.82, 2.24) is 36.9 Å². The summed E-state index contributed by atoms with van der Waals surface area (Å²) in [5.41, 5.74) is 6.01. The predicted molar refractivity (Wildman–Crippen MR) is 159 cm³/mol. The monoisotopic (exact) mass is 615 g/mol. The van der Waals surface area contributed by atoms with E-state index >= 15 is 0 Å². The van der Waals surface area contributed by atoms with E-state index in [9.17, 15) is 28.8 Å². The fourth-order valence-corrected chi connectivity index (χ4v) is 5.38. The van der Waals surface area contributed by atoms with Gasteiger partial charge in [-0.3, -0.25) is 34.2 Å². The molecule has 3 rings (SSSR count). The Morgan fingerprint density at radius 3 is 2.63 bits per heavy atom. The molecular weight excluding hydrogens is 578 g/mol.